The number of halogens is 6. The van der Waals surface area contributed by atoms with E-state index >= 15 is 0 Å². The van der Waals surface area contributed by atoms with Crippen LogP contribution in [0.25, 0.3) is 10.2 Å². The second kappa shape index (κ2) is 8.41. The number of para-hydroxylation sites is 1. The number of rotatable bonds is 6. The topological polar surface area (TPSA) is 89.5 Å². The van der Waals surface area contributed by atoms with Gasteiger partial charge in [-0.25, -0.2) is 14.6 Å². The second-order valence-corrected chi connectivity index (χ2v) is 6.40. The standard InChI is InChI=1S/C15H13F6N3O4S/c1-2-27-10(25)14(15(19,20)21,28-7-13(16,17)18)24-11(26)23-12-22-8-5-3-4-6-9(8)29-12/h3-6H,2,7H2,1H3,(H2,22,23,24,26)/t14-/m1/s1. The molecule has 0 unspecified atom stereocenters. The number of fused-ring (bicyclic) bond motifs is 1. The molecule has 1 aromatic carbocycles. The molecule has 0 saturated heterocycles. The maximum absolute atomic E-state index is 13.5. The highest BCUT2D eigenvalue weighted by Crippen LogP contribution is 2.35. The Morgan fingerprint density at radius 1 is 1.14 bits per heavy atom. The number of hydrogen-bond acceptors (Lipinski definition) is 6. The first-order valence-corrected chi connectivity index (χ1v) is 8.59. The van der Waals surface area contributed by atoms with Crippen LogP contribution in [0.3, 0.4) is 0 Å². The molecule has 1 heterocycles. The number of hydrogen-bond donors (Lipinski definition) is 2. The number of aromatic nitrogens is 1. The van der Waals surface area contributed by atoms with E-state index in [1.807, 2.05) is 5.32 Å². The smallest absolute Gasteiger partial charge is 0.448 e. The lowest BCUT2D eigenvalue weighted by Crippen LogP contribution is -2.67. The first-order chi connectivity index (χ1) is 13.4. The Labute approximate surface area is 163 Å². The molecule has 0 aliphatic rings. The zero-order valence-electron chi connectivity index (χ0n) is 14.5. The predicted molar refractivity (Wildman–Crippen MR) is 89.2 cm³/mol. The highest BCUT2D eigenvalue weighted by molar-refractivity contribution is 7.22. The Morgan fingerprint density at radius 3 is 2.34 bits per heavy atom. The lowest BCUT2D eigenvalue weighted by Gasteiger charge is -2.33. The Bertz CT molecular complexity index is 852. The van der Waals surface area contributed by atoms with Gasteiger partial charge in [0.2, 0.25) is 0 Å². The van der Waals surface area contributed by atoms with Crippen LogP contribution in [-0.2, 0) is 14.3 Å². The van der Waals surface area contributed by atoms with Crippen LogP contribution >= 0.6 is 11.3 Å². The quantitative estimate of drug-likeness (QED) is 0.401. The third-order valence-corrected chi connectivity index (χ3v) is 4.17. The Kier molecular flexibility index (Phi) is 6.57. The maximum Gasteiger partial charge on any atom is 0.448 e. The van der Waals surface area contributed by atoms with E-state index in [1.54, 1.807) is 24.3 Å². The molecule has 160 valence electrons. The number of carbonyl (C=O) groups is 2. The van der Waals surface area contributed by atoms with E-state index in [4.69, 9.17) is 0 Å². The summed E-state index contributed by atoms with van der Waals surface area (Å²) >= 11 is 0.894. The number of nitrogens with zero attached hydrogens (tertiary/aromatic N) is 1. The molecular formula is C15H13F6N3O4S. The summed E-state index contributed by atoms with van der Waals surface area (Å²) in [6.07, 6.45) is -11.0. The van der Waals surface area contributed by atoms with Crippen molar-refractivity contribution in [2.24, 2.45) is 0 Å². The fourth-order valence-electron chi connectivity index (χ4n) is 2.05. The Balaban J connectivity index is 2.30. The number of amides is 2. The number of benzene rings is 1. The van der Waals surface area contributed by atoms with E-state index in [1.165, 1.54) is 0 Å². The van der Waals surface area contributed by atoms with Gasteiger partial charge in [-0.1, -0.05) is 23.5 Å². The van der Waals surface area contributed by atoms with Crippen molar-refractivity contribution in [1.82, 2.24) is 10.3 Å². The van der Waals surface area contributed by atoms with Crippen LogP contribution in [0.5, 0.6) is 0 Å². The summed E-state index contributed by atoms with van der Waals surface area (Å²) in [6, 6.07) is 4.81. The second-order valence-electron chi connectivity index (χ2n) is 5.37. The molecular weight excluding hydrogens is 432 g/mol. The van der Waals surface area contributed by atoms with Gasteiger partial charge in [-0.15, -0.1) is 0 Å². The van der Waals surface area contributed by atoms with Gasteiger partial charge in [-0.2, -0.15) is 26.3 Å². The summed E-state index contributed by atoms with van der Waals surface area (Å²) in [7, 11) is 0. The van der Waals surface area contributed by atoms with E-state index in [9.17, 15) is 35.9 Å². The average molecular weight is 445 g/mol. The minimum absolute atomic E-state index is 0.153. The van der Waals surface area contributed by atoms with Crippen LogP contribution in [-0.4, -0.2) is 48.3 Å². The van der Waals surface area contributed by atoms with E-state index in [-0.39, 0.29) is 5.13 Å². The van der Waals surface area contributed by atoms with Crippen LogP contribution in [0.15, 0.2) is 24.3 Å². The van der Waals surface area contributed by atoms with Gasteiger partial charge in [0.15, 0.2) is 5.13 Å². The summed E-state index contributed by atoms with van der Waals surface area (Å²) in [6.45, 7) is -1.94. The molecule has 0 aliphatic carbocycles. The van der Waals surface area contributed by atoms with Gasteiger partial charge < -0.3 is 9.47 Å². The number of urea groups is 1. The van der Waals surface area contributed by atoms with Gasteiger partial charge in [0.1, 0.15) is 6.61 Å². The summed E-state index contributed by atoms with van der Waals surface area (Å²) in [5.74, 6) is -2.25. The molecule has 2 amide bonds. The molecule has 0 radical (unpaired) electrons. The van der Waals surface area contributed by atoms with Crippen LogP contribution in [0.2, 0.25) is 0 Å². The zero-order valence-corrected chi connectivity index (χ0v) is 15.3. The minimum Gasteiger partial charge on any atom is -0.462 e. The first kappa shape index (κ1) is 22.7. The Hall–Kier alpha value is -2.61. The highest BCUT2D eigenvalue weighted by atomic mass is 32.1. The fourth-order valence-corrected chi connectivity index (χ4v) is 2.91. The van der Waals surface area contributed by atoms with Gasteiger partial charge in [0.25, 0.3) is 0 Å². The van der Waals surface area contributed by atoms with E-state index in [2.05, 4.69) is 14.5 Å². The fraction of sp³-hybridized carbons (Fsp3) is 0.400. The lowest BCUT2D eigenvalue weighted by atomic mass is 10.2. The van der Waals surface area contributed by atoms with E-state index in [0.717, 1.165) is 23.6 Å². The molecule has 1 atom stereocenters. The van der Waals surface area contributed by atoms with E-state index < -0.39 is 43.3 Å². The third-order valence-electron chi connectivity index (χ3n) is 3.22. The lowest BCUT2D eigenvalue weighted by molar-refractivity contribution is -0.305. The van der Waals surface area contributed by atoms with Crippen molar-refractivity contribution >= 4 is 38.7 Å². The maximum atomic E-state index is 13.5. The SMILES string of the molecule is CCOC(=O)[C@@](NC(=O)Nc1nc2ccccc2s1)(OCC(F)(F)F)C(F)(F)F. The van der Waals surface area contributed by atoms with Crippen molar-refractivity contribution in [3.05, 3.63) is 24.3 Å². The van der Waals surface area contributed by atoms with Crippen molar-refractivity contribution in [1.29, 1.82) is 0 Å². The minimum atomic E-state index is -5.77. The van der Waals surface area contributed by atoms with Gasteiger partial charge in [-0.05, 0) is 19.1 Å². The Morgan fingerprint density at radius 2 is 1.79 bits per heavy atom. The molecule has 14 heteroatoms. The third kappa shape index (κ3) is 5.47. The van der Waals surface area contributed by atoms with Crippen molar-refractivity contribution < 1.29 is 45.4 Å². The molecule has 0 spiro atoms. The van der Waals surface area contributed by atoms with Crippen LogP contribution in [0.4, 0.5) is 36.3 Å². The first-order valence-electron chi connectivity index (χ1n) is 7.77. The summed E-state index contributed by atoms with van der Waals surface area (Å²) in [5.41, 5.74) is -3.95. The number of alkyl halides is 6. The molecule has 2 aromatic rings. The summed E-state index contributed by atoms with van der Waals surface area (Å²) in [4.78, 5) is 27.9. The number of nitrogens with one attached hydrogen (secondary N) is 2. The van der Waals surface area contributed by atoms with Gasteiger partial charge in [0.05, 0.1) is 16.8 Å². The largest absolute Gasteiger partial charge is 0.462 e. The van der Waals surface area contributed by atoms with Crippen LogP contribution in [0, 0.1) is 0 Å². The molecule has 29 heavy (non-hydrogen) atoms. The number of esters is 1. The molecule has 7 nitrogen and oxygen atoms in total. The molecule has 1 aromatic heterocycles. The number of ether oxygens (including phenoxy) is 2. The predicted octanol–water partition coefficient (Wildman–Crippen LogP) is 3.82. The molecule has 0 aliphatic heterocycles. The number of anilines is 1. The van der Waals surface area contributed by atoms with Gasteiger partial charge in [-0.3, -0.25) is 10.6 Å². The monoisotopic (exact) mass is 445 g/mol. The molecule has 2 N–H and O–H groups in total. The van der Waals surface area contributed by atoms with Gasteiger partial charge >= 0.3 is 30.1 Å². The van der Waals surface area contributed by atoms with Gasteiger partial charge in [0, 0.05) is 0 Å². The zero-order chi connectivity index (χ0) is 21.9. The van der Waals surface area contributed by atoms with Crippen molar-refractivity contribution in [3.8, 4) is 0 Å². The summed E-state index contributed by atoms with van der Waals surface area (Å²) < 4.78 is 86.6. The molecule has 0 bridgehead atoms. The van der Waals surface area contributed by atoms with Crippen LogP contribution in [0.1, 0.15) is 6.92 Å². The van der Waals surface area contributed by atoms with Crippen molar-refractivity contribution in [2.75, 3.05) is 18.5 Å². The van der Waals surface area contributed by atoms with E-state index in [0.29, 0.717) is 10.2 Å². The average Bonchev–Trinajstić information content (AvgIpc) is 2.98. The molecule has 0 fully saturated rings. The van der Waals surface area contributed by atoms with Crippen LogP contribution < -0.4 is 10.6 Å². The highest BCUT2D eigenvalue weighted by Gasteiger charge is 2.66. The normalized spacial score (nSPS) is 14.3. The number of thiazole rings is 1. The molecule has 0 saturated carbocycles. The molecule has 2 rings (SSSR count). The summed E-state index contributed by atoms with van der Waals surface area (Å²) in [5, 5.41) is 2.90. The van der Waals surface area contributed by atoms with Crippen molar-refractivity contribution in [3.63, 3.8) is 0 Å². The van der Waals surface area contributed by atoms with Crippen molar-refractivity contribution in [2.45, 2.75) is 25.0 Å². The number of carbonyl (C=O) groups excluding carboxylic acids is 2.